The van der Waals surface area contributed by atoms with Gasteiger partial charge in [0, 0.05) is 25.2 Å². The first kappa shape index (κ1) is 23.3. The minimum atomic E-state index is -4.14. The molecule has 1 aromatic carbocycles. The molecule has 0 spiro atoms. The second-order valence-corrected chi connectivity index (χ2v) is 8.40. The van der Waals surface area contributed by atoms with E-state index in [-0.39, 0.29) is 11.5 Å². The van der Waals surface area contributed by atoms with Crippen LogP contribution in [-0.2, 0) is 6.54 Å². The lowest BCUT2D eigenvalue weighted by atomic mass is 10.1. The Morgan fingerprint density at radius 3 is 2.59 bits per heavy atom. The van der Waals surface area contributed by atoms with Crippen LogP contribution in [0.5, 0.6) is 5.75 Å². The summed E-state index contributed by atoms with van der Waals surface area (Å²) < 4.78 is 43.7. The van der Waals surface area contributed by atoms with Crippen LogP contribution in [-0.4, -0.2) is 55.4 Å². The molecule has 2 N–H and O–H groups in total. The quantitative estimate of drug-likeness (QED) is 0.526. The van der Waals surface area contributed by atoms with Crippen molar-refractivity contribution in [3.8, 4) is 5.75 Å². The van der Waals surface area contributed by atoms with Crippen molar-refractivity contribution in [2.45, 2.75) is 52.4 Å². The van der Waals surface area contributed by atoms with Crippen molar-refractivity contribution in [2.24, 2.45) is 10.9 Å². The van der Waals surface area contributed by atoms with E-state index in [1.54, 1.807) is 0 Å². The molecule has 0 saturated carbocycles. The van der Waals surface area contributed by atoms with Gasteiger partial charge in [-0.1, -0.05) is 18.2 Å². The number of rotatable bonds is 7. The average molecular weight is 415 g/mol. The second-order valence-electron chi connectivity index (χ2n) is 8.40. The number of aliphatic imine (C=N–C) groups is 1. The molecule has 1 aromatic rings. The third-order valence-corrected chi connectivity index (χ3v) is 4.47. The molecular weight excluding hydrogens is 381 g/mol. The first-order valence-electron chi connectivity index (χ1n) is 10.1. The van der Waals surface area contributed by atoms with Crippen molar-refractivity contribution in [3.05, 3.63) is 29.8 Å². The van der Waals surface area contributed by atoms with Crippen molar-refractivity contribution in [1.82, 2.24) is 15.5 Å². The van der Waals surface area contributed by atoms with E-state index >= 15 is 0 Å². The number of benzene rings is 1. The molecule has 8 heteroatoms. The molecule has 1 saturated heterocycles. The van der Waals surface area contributed by atoms with Crippen LogP contribution in [0, 0.1) is 5.92 Å². The highest BCUT2D eigenvalue weighted by Crippen LogP contribution is 2.24. The van der Waals surface area contributed by atoms with Crippen LogP contribution in [0.1, 0.15) is 39.7 Å². The molecule has 1 aliphatic rings. The molecule has 1 fully saturated rings. The molecule has 0 bridgehead atoms. The van der Waals surface area contributed by atoms with Gasteiger partial charge in [-0.25, -0.2) is 4.99 Å². The zero-order valence-electron chi connectivity index (χ0n) is 17.8. The number of hydrogen-bond acceptors (Lipinski definition) is 3. The van der Waals surface area contributed by atoms with E-state index in [9.17, 15) is 13.2 Å². The van der Waals surface area contributed by atoms with Gasteiger partial charge in [0.1, 0.15) is 11.4 Å². The zero-order chi connectivity index (χ0) is 21.5. The molecule has 1 aliphatic heterocycles. The van der Waals surface area contributed by atoms with Gasteiger partial charge < -0.3 is 15.4 Å². The summed E-state index contributed by atoms with van der Waals surface area (Å²) in [5.74, 6) is 1.64. The van der Waals surface area contributed by atoms with Crippen molar-refractivity contribution >= 4 is 5.96 Å². The van der Waals surface area contributed by atoms with E-state index in [1.807, 2.05) is 52.0 Å². The lowest BCUT2D eigenvalue weighted by Crippen LogP contribution is -2.40. The van der Waals surface area contributed by atoms with Gasteiger partial charge in [-0.15, -0.1) is 0 Å². The minimum absolute atomic E-state index is 0.178. The van der Waals surface area contributed by atoms with Gasteiger partial charge in [0.2, 0.25) is 0 Å². The molecule has 1 heterocycles. The Morgan fingerprint density at radius 1 is 1.21 bits per heavy atom. The molecular formula is C21H33F3N4O. The van der Waals surface area contributed by atoms with Crippen LogP contribution in [0.25, 0.3) is 0 Å². The summed E-state index contributed by atoms with van der Waals surface area (Å²) in [7, 11) is 0. The fourth-order valence-corrected chi connectivity index (χ4v) is 3.29. The molecule has 2 rings (SSSR count). The SMILES string of the molecule is CCNC(=NCc1ccccc1OC(C)(C)C)NCC1CCN(CC(F)(F)F)C1. The summed E-state index contributed by atoms with van der Waals surface area (Å²) in [5.41, 5.74) is 0.685. The van der Waals surface area contributed by atoms with Crippen LogP contribution >= 0.6 is 0 Å². The summed E-state index contributed by atoms with van der Waals surface area (Å²) in [5, 5.41) is 6.47. The first-order chi connectivity index (χ1) is 13.6. The van der Waals surface area contributed by atoms with Crippen LogP contribution in [0.2, 0.25) is 0 Å². The second kappa shape index (κ2) is 10.2. The van der Waals surface area contributed by atoms with Crippen molar-refractivity contribution in [2.75, 3.05) is 32.7 Å². The molecule has 0 aromatic heterocycles. The van der Waals surface area contributed by atoms with E-state index < -0.39 is 12.7 Å². The van der Waals surface area contributed by atoms with E-state index in [2.05, 4.69) is 15.6 Å². The number of alkyl halides is 3. The molecule has 0 radical (unpaired) electrons. The number of likely N-dealkylation sites (tertiary alicyclic amines) is 1. The van der Waals surface area contributed by atoms with Gasteiger partial charge in [0.05, 0.1) is 13.1 Å². The van der Waals surface area contributed by atoms with Crippen molar-refractivity contribution in [3.63, 3.8) is 0 Å². The number of ether oxygens (including phenoxy) is 1. The minimum Gasteiger partial charge on any atom is -0.488 e. The molecule has 29 heavy (non-hydrogen) atoms. The third-order valence-electron chi connectivity index (χ3n) is 4.47. The number of hydrogen-bond donors (Lipinski definition) is 2. The smallest absolute Gasteiger partial charge is 0.401 e. The Hall–Kier alpha value is -1.96. The number of nitrogens with one attached hydrogen (secondary N) is 2. The Balaban J connectivity index is 1.92. The molecule has 5 nitrogen and oxygen atoms in total. The lowest BCUT2D eigenvalue weighted by molar-refractivity contribution is -0.143. The van der Waals surface area contributed by atoms with Crippen LogP contribution in [0.4, 0.5) is 13.2 Å². The Labute approximate surface area is 171 Å². The highest BCUT2D eigenvalue weighted by atomic mass is 19.4. The topological polar surface area (TPSA) is 48.9 Å². The molecule has 0 amide bonds. The summed E-state index contributed by atoms with van der Waals surface area (Å²) in [6.45, 7) is 9.85. The van der Waals surface area contributed by atoms with E-state index in [0.29, 0.717) is 38.7 Å². The van der Waals surface area contributed by atoms with Crippen molar-refractivity contribution < 1.29 is 17.9 Å². The van der Waals surface area contributed by atoms with Gasteiger partial charge in [-0.3, -0.25) is 4.90 Å². The van der Waals surface area contributed by atoms with Crippen LogP contribution < -0.4 is 15.4 Å². The Morgan fingerprint density at radius 2 is 1.93 bits per heavy atom. The number of para-hydroxylation sites is 1. The maximum absolute atomic E-state index is 12.5. The number of guanidine groups is 1. The Bertz CT molecular complexity index is 671. The summed E-state index contributed by atoms with van der Waals surface area (Å²) in [6.07, 6.45) is -3.38. The molecule has 1 atom stereocenters. The average Bonchev–Trinajstić information content (AvgIpc) is 3.02. The van der Waals surface area contributed by atoms with Gasteiger partial charge in [0.25, 0.3) is 0 Å². The van der Waals surface area contributed by atoms with E-state index in [1.165, 1.54) is 4.90 Å². The normalized spacial score (nSPS) is 18.7. The highest BCUT2D eigenvalue weighted by Gasteiger charge is 2.34. The van der Waals surface area contributed by atoms with Gasteiger partial charge in [-0.05, 0) is 52.6 Å². The van der Waals surface area contributed by atoms with E-state index in [0.717, 1.165) is 17.7 Å². The standard InChI is InChI=1S/C21H33F3N4O/c1-5-25-19(26-12-16-10-11-28(14-16)15-21(22,23)24)27-13-17-8-6-7-9-18(17)29-20(2,3)4/h6-9,16H,5,10-15H2,1-4H3,(H2,25,26,27). The molecule has 0 aliphatic carbocycles. The van der Waals surface area contributed by atoms with Crippen LogP contribution in [0.15, 0.2) is 29.3 Å². The van der Waals surface area contributed by atoms with Gasteiger partial charge in [-0.2, -0.15) is 13.2 Å². The monoisotopic (exact) mass is 414 g/mol. The molecule has 164 valence electrons. The predicted molar refractivity (Wildman–Crippen MR) is 110 cm³/mol. The van der Waals surface area contributed by atoms with Crippen LogP contribution in [0.3, 0.4) is 0 Å². The third kappa shape index (κ3) is 8.94. The summed E-state index contributed by atoms with van der Waals surface area (Å²) in [4.78, 5) is 6.10. The Kier molecular flexibility index (Phi) is 8.19. The van der Waals surface area contributed by atoms with Crippen molar-refractivity contribution in [1.29, 1.82) is 0 Å². The van der Waals surface area contributed by atoms with Gasteiger partial charge >= 0.3 is 6.18 Å². The van der Waals surface area contributed by atoms with Gasteiger partial charge in [0.15, 0.2) is 5.96 Å². The number of nitrogens with zero attached hydrogens (tertiary/aromatic N) is 2. The first-order valence-corrected chi connectivity index (χ1v) is 10.1. The summed E-state index contributed by atoms with van der Waals surface area (Å²) >= 11 is 0. The molecule has 1 unspecified atom stereocenters. The maximum Gasteiger partial charge on any atom is 0.401 e. The summed E-state index contributed by atoms with van der Waals surface area (Å²) in [6, 6.07) is 7.81. The zero-order valence-corrected chi connectivity index (χ0v) is 17.8. The fraction of sp³-hybridized carbons (Fsp3) is 0.667. The largest absolute Gasteiger partial charge is 0.488 e. The maximum atomic E-state index is 12.5. The lowest BCUT2D eigenvalue weighted by Gasteiger charge is -2.23. The number of halogens is 3. The highest BCUT2D eigenvalue weighted by molar-refractivity contribution is 5.79. The van der Waals surface area contributed by atoms with E-state index in [4.69, 9.17) is 4.74 Å². The fourth-order valence-electron chi connectivity index (χ4n) is 3.29. The predicted octanol–water partition coefficient (Wildman–Crippen LogP) is 3.80.